The van der Waals surface area contributed by atoms with E-state index in [0.717, 1.165) is 17.2 Å². The normalized spacial score (nSPS) is 18.2. The molecule has 24 heavy (non-hydrogen) atoms. The van der Waals surface area contributed by atoms with Gasteiger partial charge in [0.25, 0.3) is 5.91 Å². The molecule has 0 bridgehead atoms. The van der Waals surface area contributed by atoms with E-state index in [2.05, 4.69) is 5.10 Å². The molecule has 1 aliphatic rings. The third-order valence-corrected chi connectivity index (χ3v) is 4.07. The van der Waals surface area contributed by atoms with Gasteiger partial charge in [0.2, 0.25) is 0 Å². The molecule has 5 nitrogen and oxygen atoms in total. The Hall–Kier alpha value is -2.35. The van der Waals surface area contributed by atoms with Gasteiger partial charge in [-0.05, 0) is 30.7 Å². The van der Waals surface area contributed by atoms with Crippen molar-refractivity contribution in [1.82, 2.24) is 14.7 Å². The van der Waals surface area contributed by atoms with Gasteiger partial charge in [0.05, 0.1) is 5.69 Å². The Labute approximate surface area is 136 Å². The number of carbonyl (C=O) groups excluding carboxylic acids is 1. The molecule has 1 fully saturated rings. The lowest BCUT2D eigenvalue weighted by Gasteiger charge is -2.16. The fourth-order valence-corrected chi connectivity index (χ4v) is 2.75. The van der Waals surface area contributed by atoms with E-state index in [4.69, 9.17) is 5.11 Å². The SMILES string of the molecule is O=C(c1cccc(-n2ccc(C(F)(F)F)n2)c1)N1CCC(CO)C1. The van der Waals surface area contributed by atoms with Crippen LogP contribution < -0.4 is 0 Å². The average Bonchev–Trinajstić information content (AvgIpc) is 3.23. The molecule has 1 aliphatic heterocycles. The van der Waals surface area contributed by atoms with E-state index < -0.39 is 11.9 Å². The van der Waals surface area contributed by atoms with Crippen molar-refractivity contribution in [2.75, 3.05) is 19.7 Å². The van der Waals surface area contributed by atoms with E-state index in [0.29, 0.717) is 24.3 Å². The van der Waals surface area contributed by atoms with Gasteiger partial charge < -0.3 is 10.0 Å². The van der Waals surface area contributed by atoms with Crippen LogP contribution in [0.1, 0.15) is 22.5 Å². The van der Waals surface area contributed by atoms with Crippen molar-refractivity contribution in [3.63, 3.8) is 0 Å². The maximum atomic E-state index is 12.6. The molecule has 0 saturated carbocycles. The number of rotatable bonds is 3. The van der Waals surface area contributed by atoms with Crippen LogP contribution in [0.25, 0.3) is 5.69 Å². The van der Waals surface area contributed by atoms with Gasteiger partial charge in [-0.1, -0.05) is 6.07 Å². The number of likely N-dealkylation sites (tertiary alicyclic amines) is 1. The lowest BCUT2D eigenvalue weighted by molar-refractivity contribution is -0.141. The third-order valence-electron chi connectivity index (χ3n) is 4.07. The lowest BCUT2D eigenvalue weighted by Crippen LogP contribution is -2.29. The molecule has 1 aromatic carbocycles. The first-order chi connectivity index (χ1) is 11.4. The molecule has 1 atom stereocenters. The molecule has 1 unspecified atom stereocenters. The van der Waals surface area contributed by atoms with Gasteiger partial charge in [-0.25, -0.2) is 4.68 Å². The molecular weight excluding hydrogens is 323 g/mol. The van der Waals surface area contributed by atoms with Crippen LogP contribution in [0, 0.1) is 5.92 Å². The largest absolute Gasteiger partial charge is 0.435 e. The maximum absolute atomic E-state index is 12.6. The van der Waals surface area contributed by atoms with Gasteiger partial charge in [0, 0.05) is 37.4 Å². The van der Waals surface area contributed by atoms with E-state index in [-0.39, 0.29) is 18.4 Å². The molecule has 0 aliphatic carbocycles. The minimum Gasteiger partial charge on any atom is -0.396 e. The van der Waals surface area contributed by atoms with Crippen molar-refractivity contribution in [3.8, 4) is 5.69 Å². The standard InChI is InChI=1S/C16H16F3N3O2/c17-16(18,19)14-5-7-22(20-14)13-3-1-2-12(8-13)15(24)21-6-4-11(9-21)10-23/h1-3,5,7-8,11,23H,4,6,9-10H2. The first-order valence-electron chi connectivity index (χ1n) is 7.52. The summed E-state index contributed by atoms with van der Waals surface area (Å²) in [6, 6.07) is 7.22. The van der Waals surface area contributed by atoms with Crippen molar-refractivity contribution < 1.29 is 23.1 Å². The number of carbonyl (C=O) groups is 1. The summed E-state index contributed by atoms with van der Waals surface area (Å²) in [7, 11) is 0. The van der Waals surface area contributed by atoms with Crippen LogP contribution >= 0.6 is 0 Å². The summed E-state index contributed by atoms with van der Waals surface area (Å²) < 4.78 is 39.0. The van der Waals surface area contributed by atoms with E-state index in [9.17, 15) is 18.0 Å². The van der Waals surface area contributed by atoms with E-state index >= 15 is 0 Å². The number of aliphatic hydroxyl groups excluding tert-OH is 1. The fraction of sp³-hybridized carbons (Fsp3) is 0.375. The van der Waals surface area contributed by atoms with Gasteiger partial charge >= 0.3 is 6.18 Å². The van der Waals surface area contributed by atoms with Gasteiger partial charge in [-0.15, -0.1) is 0 Å². The van der Waals surface area contributed by atoms with Crippen molar-refractivity contribution in [1.29, 1.82) is 0 Å². The number of hydrogen-bond acceptors (Lipinski definition) is 3. The van der Waals surface area contributed by atoms with Gasteiger partial charge in [0.15, 0.2) is 5.69 Å². The highest BCUT2D eigenvalue weighted by Gasteiger charge is 2.33. The number of halogens is 3. The number of hydrogen-bond donors (Lipinski definition) is 1. The second-order valence-corrected chi connectivity index (χ2v) is 5.78. The van der Waals surface area contributed by atoms with Crippen LogP contribution in [0.15, 0.2) is 36.5 Å². The van der Waals surface area contributed by atoms with Crippen LogP contribution in [-0.2, 0) is 6.18 Å². The molecule has 128 valence electrons. The fourth-order valence-electron chi connectivity index (χ4n) is 2.75. The molecular formula is C16H16F3N3O2. The third kappa shape index (κ3) is 3.28. The number of alkyl halides is 3. The first-order valence-corrected chi connectivity index (χ1v) is 7.52. The Balaban J connectivity index is 1.82. The molecule has 1 saturated heterocycles. The Morgan fingerprint density at radius 2 is 2.12 bits per heavy atom. The summed E-state index contributed by atoms with van der Waals surface area (Å²) in [6.07, 6.45) is -2.55. The van der Waals surface area contributed by atoms with E-state index in [1.807, 2.05) is 0 Å². The minimum atomic E-state index is -4.51. The number of nitrogens with zero attached hydrogens (tertiary/aromatic N) is 3. The Morgan fingerprint density at radius 1 is 1.33 bits per heavy atom. The second-order valence-electron chi connectivity index (χ2n) is 5.78. The smallest absolute Gasteiger partial charge is 0.396 e. The maximum Gasteiger partial charge on any atom is 0.435 e. The highest BCUT2D eigenvalue weighted by molar-refractivity contribution is 5.94. The molecule has 1 amide bonds. The van der Waals surface area contributed by atoms with Gasteiger partial charge in [0.1, 0.15) is 0 Å². The molecule has 0 spiro atoms. The number of aliphatic hydroxyl groups is 1. The highest BCUT2D eigenvalue weighted by atomic mass is 19.4. The molecule has 8 heteroatoms. The van der Waals surface area contributed by atoms with Crippen molar-refractivity contribution in [3.05, 3.63) is 47.8 Å². The van der Waals surface area contributed by atoms with Crippen LogP contribution in [0.4, 0.5) is 13.2 Å². The molecule has 1 N–H and O–H groups in total. The van der Waals surface area contributed by atoms with Crippen molar-refractivity contribution >= 4 is 5.91 Å². The van der Waals surface area contributed by atoms with Crippen LogP contribution in [0.5, 0.6) is 0 Å². The predicted octanol–water partition coefficient (Wildman–Crippen LogP) is 2.35. The second kappa shape index (κ2) is 6.27. The van der Waals surface area contributed by atoms with Gasteiger partial charge in [-0.2, -0.15) is 18.3 Å². The number of amides is 1. The summed E-state index contributed by atoms with van der Waals surface area (Å²) in [6.45, 7) is 1.09. The van der Waals surface area contributed by atoms with Crippen LogP contribution in [-0.4, -0.2) is 45.4 Å². The zero-order valence-electron chi connectivity index (χ0n) is 12.7. The van der Waals surface area contributed by atoms with E-state index in [1.54, 1.807) is 23.1 Å². The topological polar surface area (TPSA) is 58.4 Å². The van der Waals surface area contributed by atoms with Crippen molar-refractivity contribution in [2.45, 2.75) is 12.6 Å². The molecule has 2 aromatic rings. The number of aromatic nitrogens is 2. The van der Waals surface area contributed by atoms with Crippen LogP contribution in [0.3, 0.4) is 0 Å². The summed E-state index contributed by atoms with van der Waals surface area (Å²) in [4.78, 5) is 14.1. The van der Waals surface area contributed by atoms with Crippen molar-refractivity contribution in [2.24, 2.45) is 5.92 Å². The summed E-state index contributed by atoms with van der Waals surface area (Å²) >= 11 is 0. The molecule has 0 radical (unpaired) electrons. The highest BCUT2D eigenvalue weighted by Crippen LogP contribution is 2.28. The Bertz CT molecular complexity index is 742. The van der Waals surface area contributed by atoms with Crippen LogP contribution in [0.2, 0.25) is 0 Å². The lowest BCUT2D eigenvalue weighted by atomic mass is 10.1. The molecule has 1 aromatic heterocycles. The molecule has 3 rings (SSSR count). The Morgan fingerprint density at radius 3 is 2.75 bits per heavy atom. The van der Waals surface area contributed by atoms with E-state index in [1.165, 1.54) is 12.3 Å². The molecule has 2 heterocycles. The zero-order valence-corrected chi connectivity index (χ0v) is 12.7. The summed E-state index contributed by atoms with van der Waals surface area (Å²) in [5, 5.41) is 12.7. The minimum absolute atomic E-state index is 0.0390. The summed E-state index contributed by atoms with van der Waals surface area (Å²) in [5.41, 5.74) is -0.214. The number of benzene rings is 1. The van der Waals surface area contributed by atoms with Gasteiger partial charge in [-0.3, -0.25) is 4.79 Å². The monoisotopic (exact) mass is 339 g/mol. The summed E-state index contributed by atoms with van der Waals surface area (Å²) in [5.74, 6) is -0.117. The first kappa shape index (κ1) is 16.5. The quantitative estimate of drug-likeness (QED) is 0.934. The average molecular weight is 339 g/mol. The predicted molar refractivity (Wildman–Crippen MR) is 79.7 cm³/mol. The Kier molecular flexibility index (Phi) is 4.31. The zero-order chi connectivity index (χ0) is 17.3.